The molecule has 0 spiro atoms. The van der Waals surface area contributed by atoms with Crippen molar-refractivity contribution >= 4 is 23.2 Å². The predicted molar refractivity (Wildman–Crippen MR) is 92.2 cm³/mol. The monoisotopic (exact) mass is 376 g/mol. The summed E-state index contributed by atoms with van der Waals surface area (Å²) in [7, 11) is 1.47. The lowest BCUT2D eigenvalue weighted by Gasteiger charge is -2.16. The van der Waals surface area contributed by atoms with Crippen LogP contribution in [0.4, 0.5) is 24.5 Å². The average Bonchev–Trinajstić information content (AvgIpc) is 2.62. The summed E-state index contributed by atoms with van der Waals surface area (Å²) in [5, 5.41) is 13.7. The first-order valence-electron chi connectivity index (χ1n) is 7.72. The minimum absolute atomic E-state index is 0.187. The summed E-state index contributed by atoms with van der Waals surface area (Å²) >= 11 is 0. The zero-order valence-corrected chi connectivity index (χ0v) is 14.2. The van der Waals surface area contributed by atoms with Crippen molar-refractivity contribution in [2.24, 2.45) is 0 Å². The maximum absolute atomic E-state index is 13.6. The predicted octanol–water partition coefficient (Wildman–Crippen LogP) is 2.48. The number of nitriles is 1. The number of rotatable bonds is 6. The van der Waals surface area contributed by atoms with E-state index < -0.39 is 35.0 Å². The van der Waals surface area contributed by atoms with Crippen molar-refractivity contribution in [2.45, 2.75) is 0 Å². The standard InChI is InChI=1S/C18H15F3N4O2/c1-25(9-15(26)23-13-5-3-2-4-11(13)8-22)10-16(27)24-14-7-6-12(19)17(20)18(14)21/h2-7H,9-10H2,1H3,(H,23,26)(H,24,27). The quantitative estimate of drug-likeness (QED) is 0.759. The summed E-state index contributed by atoms with van der Waals surface area (Å²) in [6.07, 6.45) is 0. The Kier molecular flexibility index (Phi) is 6.51. The summed E-state index contributed by atoms with van der Waals surface area (Å²) in [6.45, 7) is -0.487. The van der Waals surface area contributed by atoms with Crippen molar-refractivity contribution in [2.75, 3.05) is 30.8 Å². The number of likely N-dealkylation sites (N-methyl/N-ethyl adjacent to an activating group) is 1. The third kappa shape index (κ3) is 5.29. The van der Waals surface area contributed by atoms with E-state index in [9.17, 15) is 22.8 Å². The fourth-order valence-electron chi connectivity index (χ4n) is 2.24. The molecule has 0 bridgehead atoms. The first kappa shape index (κ1) is 19.9. The molecule has 0 aliphatic heterocycles. The van der Waals surface area contributed by atoms with Crippen LogP contribution in [0.2, 0.25) is 0 Å². The fourth-order valence-corrected chi connectivity index (χ4v) is 2.24. The SMILES string of the molecule is CN(CC(=O)Nc1ccccc1C#N)CC(=O)Nc1ccc(F)c(F)c1F. The molecular weight excluding hydrogens is 361 g/mol. The van der Waals surface area contributed by atoms with Gasteiger partial charge in [-0.25, -0.2) is 13.2 Å². The smallest absolute Gasteiger partial charge is 0.238 e. The number of benzene rings is 2. The van der Waals surface area contributed by atoms with Gasteiger partial charge in [-0.3, -0.25) is 14.5 Å². The maximum atomic E-state index is 13.6. The minimum Gasteiger partial charge on any atom is -0.324 e. The molecule has 2 amide bonds. The molecule has 2 aromatic rings. The number of amides is 2. The highest BCUT2D eigenvalue weighted by molar-refractivity contribution is 5.95. The van der Waals surface area contributed by atoms with Crippen molar-refractivity contribution in [1.82, 2.24) is 4.90 Å². The fraction of sp³-hybridized carbons (Fsp3) is 0.167. The summed E-state index contributed by atoms with van der Waals surface area (Å²) < 4.78 is 39.6. The second kappa shape index (κ2) is 8.82. The van der Waals surface area contributed by atoms with Gasteiger partial charge in [-0.15, -0.1) is 0 Å². The second-order valence-electron chi connectivity index (χ2n) is 5.65. The second-order valence-corrected chi connectivity index (χ2v) is 5.65. The van der Waals surface area contributed by atoms with Gasteiger partial charge in [-0.1, -0.05) is 12.1 Å². The topological polar surface area (TPSA) is 85.2 Å². The van der Waals surface area contributed by atoms with Crippen molar-refractivity contribution < 1.29 is 22.8 Å². The third-order valence-electron chi connectivity index (χ3n) is 3.46. The van der Waals surface area contributed by atoms with Crippen molar-refractivity contribution in [3.63, 3.8) is 0 Å². The van der Waals surface area contributed by atoms with Crippen LogP contribution in [-0.2, 0) is 9.59 Å². The minimum atomic E-state index is -1.68. The number of nitrogens with one attached hydrogen (secondary N) is 2. The molecule has 0 radical (unpaired) electrons. The summed E-state index contributed by atoms with van der Waals surface area (Å²) in [5.74, 6) is -5.73. The Morgan fingerprint density at radius 3 is 2.19 bits per heavy atom. The molecule has 0 aromatic heterocycles. The molecule has 9 heteroatoms. The van der Waals surface area contributed by atoms with Crippen LogP contribution in [0.15, 0.2) is 36.4 Å². The van der Waals surface area contributed by atoms with Gasteiger partial charge in [0, 0.05) is 0 Å². The lowest BCUT2D eigenvalue weighted by Crippen LogP contribution is -2.36. The van der Waals surface area contributed by atoms with Gasteiger partial charge in [-0.2, -0.15) is 5.26 Å². The van der Waals surface area contributed by atoms with Crippen molar-refractivity contribution in [1.29, 1.82) is 5.26 Å². The van der Waals surface area contributed by atoms with E-state index in [0.29, 0.717) is 17.3 Å². The van der Waals surface area contributed by atoms with Gasteiger partial charge in [0.05, 0.1) is 30.0 Å². The van der Waals surface area contributed by atoms with Crippen molar-refractivity contribution in [3.05, 3.63) is 59.4 Å². The molecule has 0 unspecified atom stereocenters. The van der Waals surface area contributed by atoms with Gasteiger partial charge >= 0.3 is 0 Å². The summed E-state index contributed by atoms with van der Waals surface area (Å²) in [6, 6.07) is 9.96. The number of halogens is 3. The molecule has 0 aliphatic rings. The summed E-state index contributed by atoms with van der Waals surface area (Å²) in [5.41, 5.74) is 0.131. The lowest BCUT2D eigenvalue weighted by atomic mass is 10.2. The highest BCUT2D eigenvalue weighted by Crippen LogP contribution is 2.19. The Balaban J connectivity index is 1.90. The van der Waals surface area contributed by atoms with Gasteiger partial charge in [0.15, 0.2) is 17.5 Å². The van der Waals surface area contributed by atoms with E-state index in [-0.39, 0.29) is 13.1 Å². The van der Waals surface area contributed by atoms with Crippen LogP contribution in [0.1, 0.15) is 5.56 Å². The Bertz CT molecular complexity index is 912. The number of hydrogen-bond donors (Lipinski definition) is 2. The molecule has 0 atom stereocenters. The van der Waals surface area contributed by atoms with Gasteiger partial charge in [0.1, 0.15) is 6.07 Å². The van der Waals surface area contributed by atoms with Crippen LogP contribution in [0, 0.1) is 28.8 Å². The number of carbonyl (C=O) groups is 2. The molecule has 0 fully saturated rings. The number of para-hydroxylation sites is 1. The van der Waals surface area contributed by atoms with Crippen LogP contribution in [0.5, 0.6) is 0 Å². The van der Waals surface area contributed by atoms with Gasteiger partial charge in [-0.05, 0) is 31.3 Å². The molecular formula is C18H15F3N4O2. The molecule has 2 rings (SSSR count). The van der Waals surface area contributed by atoms with E-state index in [4.69, 9.17) is 5.26 Å². The Labute approximate surface area is 153 Å². The number of carbonyl (C=O) groups excluding carboxylic acids is 2. The normalized spacial score (nSPS) is 10.4. The van der Waals surface area contributed by atoms with E-state index in [1.54, 1.807) is 24.3 Å². The molecule has 0 saturated carbocycles. The Morgan fingerprint density at radius 1 is 0.963 bits per heavy atom. The van der Waals surface area contributed by atoms with E-state index >= 15 is 0 Å². The van der Waals surface area contributed by atoms with Gasteiger partial charge < -0.3 is 10.6 Å². The number of hydrogen-bond acceptors (Lipinski definition) is 4. The molecule has 27 heavy (non-hydrogen) atoms. The number of anilines is 2. The Hall–Kier alpha value is -3.38. The van der Waals surface area contributed by atoms with Gasteiger partial charge in [0.25, 0.3) is 0 Å². The highest BCUT2D eigenvalue weighted by Gasteiger charge is 2.17. The van der Waals surface area contributed by atoms with Gasteiger partial charge in [0.2, 0.25) is 11.8 Å². The third-order valence-corrected chi connectivity index (χ3v) is 3.46. The first-order valence-corrected chi connectivity index (χ1v) is 7.72. The van der Waals surface area contributed by atoms with E-state index in [1.165, 1.54) is 11.9 Å². The van der Waals surface area contributed by atoms with Crippen LogP contribution < -0.4 is 10.6 Å². The average molecular weight is 376 g/mol. The molecule has 0 heterocycles. The molecule has 6 nitrogen and oxygen atoms in total. The van der Waals surface area contributed by atoms with E-state index in [0.717, 1.165) is 6.07 Å². The zero-order valence-electron chi connectivity index (χ0n) is 14.2. The first-order chi connectivity index (χ1) is 12.8. The van der Waals surface area contributed by atoms with Crippen LogP contribution in [0.3, 0.4) is 0 Å². The van der Waals surface area contributed by atoms with E-state index in [1.807, 2.05) is 6.07 Å². The molecule has 2 aromatic carbocycles. The van der Waals surface area contributed by atoms with Crippen LogP contribution >= 0.6 is 0 Å². The van der Waals surface area contributed by atoms with Crippen LogP contribution in [0.25, 0.3) is 0 Å². The highest BCUT2D eigenvalue weighted by atomic mass is 19.2. The number of nitrogens with zero attached hydrogens (tertiary/aromatic N) is 2. The Morgan fingerprint density at radius 2 is 1.56 bits per heavy atom. The molecule has 0 aliphatic carbocycles. The molecule has 2 N–H and O–H groups in total. The van der Waals surface area contributed by atoms with E-state index in [2.05, 4.69) is 10.6 Å². The molecule has 0 saturated heterocycles. The molecule has 140 valence electrons. The lowest BCUT2D eigenvalue weighted by molar-refractivity contribution is -0.119. The zero-order chi connectivity index (χ0) is 20.0. The van der Waals surface area contributed by atoms with Crippen LogP contribution in [-0.4, -0.2) is 36.9 Å². The summed E-state index contributed by atoms with van der Waals surface area (Å²) in [4.78, 5) is 25.3. The maximum Gasteiger partial charge on any atom is 0.238 e. The largest absolute Gasteiger partial charge is 0.324 e. The van der Waals surface area contributed by atoms with Crippen molar-refractivity contribution in [3.8, 4) is 6.07 Å².